The summed E-state index contributed by atoms with van der Waals surface area (Å²) in [6, 6.07) is 20.3. The predicted molar refractivity (Wildman–Crippen MR) is 129 cm³/mol. The average Bonchev–Trinajstić information content (AvgIpc) is 3.32. The van der Waals surface area contributed by atoms with Crippen molar-refractivity contribution < 1.29 is 4.57 Å². The molecule has 2 aromatic heterocycles. The van der Waals surface area contributed by atoms with Gasteiger partial charge in [-0.1, -0.05) is 30.5 Å². The summed E-state index contributed by atoms with van der Waals surface area (Å²) in [4.78, 5) is 4.81. The molecule has 0 unspecified atom stereocenters. The first-order valence-electron chi connectivity index (χ1n) is 11.5. The minimum Gasteiger partial charge on any atom is -0.256 e. The topological polar surface area (TPSA) is 16.8 Å². The SMILES string of the molecule is Cc1cc(C)c(C)c(-c2ccc3cc(-c4ccc(C5CCCC5)cn4)ccc3[n+]2C)c1. The van der Waals surface area contributed by atoms with Crippen molar-refractivity contribution in [2.75, 3.05) is 0 Å². The van der Waals surface area contributed by atoms with Crippen molar-refractivity contribution in [3.8, 4) is 22.5 Å². The Bertz CT molecular complexity index is 1260. The van der Waals surface area contributed by atoms with Crippen LogP contribution in [-0.2, 0) is 7.05 Å². The summed E-state index contributed by atoms with van der Waals surface area (Å²) < 4.78 is 2.32. The quantitative estimate of drug-likeness (QED) is 0.335. The van der Waals surface area contributed by atoms with Crippen LogP contribution in [0.4, 0.5) is 0 Å². The molecule has 0 N–H and O–H groups in total. The van der Waals surface area contributed by atoms with Gasteiger partial charge >= 0.3 is 0 Å². The summed E-state index contributed by atoms with van der Waals surface area (Å²) in [6.45, 7) is 6.59. The third-order valence-corrected chi connectivity index (χ3v) is 7.17. The maximum absolute atomic E-state index is 4.81. The van der Waals surface area contributed by atoms with Crippen molar-refractivity contribution in [2.24, 2.45) is 7.05 Å². The highest BCUT2D eigenvalue weighted by molar-refractivity contribution is 5.83. The fourth-order valence-corrected chi connectivity index (χ4v) is 5.22. The predicted octanol–water partition coefficient (Wildman–Crippen LogP) is 6.98. The molecule has 0 atom stereocenters. The molecule has 2 aromatic carbocycles. The molecule has 31 heavy (non-hydrogen) atoms. The van der Waals surface area contributed by atoms with E-state index in [1.165, 1.54) is 75.7 Å². The van der Waals surface area contributed by atoms with Crippen LogP contribution in [0.2, 0.25) is 0 Å². The Morgan fingerprint density at radius 3 is 2.42 bits per heavy atom. The standard InChI is InChI=1S/C29H31N2/c1-19-15-20(2)21(3)26(16-19)29-14-11-24-17-23(10-13-28(24)31(29)4)27-12-9-25(18-30-27)22-7-5-6-8-22/h9-18,22H,5-8H2,1-4H3/q+1. The number of hydrogen-bond acceptors (Lipinski definition) is 1. The lowest BCUT2D eigenvalue weighted by molar-refractivity contribution is -0.633. The summed E-state index contributed by atoms with van der Waals surface area (Å²) >= 11 is 0. The minimum atomic E-state index is 0.712. The van der Waals surface area contributed by atoms with Crippen molar-refractivity contribution in [1.82, 2.24) is 4.98 Å². The number of hydrogen-bond donors (Lipinski definition) is 0. The molecule has 0 amide bonds. The minimum absolute atomic E-state index is 0.712. The van der Waals surface area contributed by atoms with Gasteiger partial charge in [0, 0.05) is 34.8 Å². The van der Waals surface area contributed by atoms with Crippen LogP contribution in [0.5, 0.6) is 0 Å². The molecule has 1 fully saturated rings. The maximum Gasteiger partial charge on any atom is 0.213 e. The Hall–Kier alpha value is -3.00. The van der Waals surface area contributed by atoms with Crippen LogP contribution in [0, 0.1) is 20.8 Å². The monoisotopic (exact) mass is 407 g/mol. The second-order valence-electron chi connectivity index (χ2n) is 9.26. The summed E-state index contributed by atoms with van der Waals surface area (Å²) in [5, 5.41) is 1.24. The van der Waals surface area contributed by atoms with Crippen LogP contribution in [0.1, 0.15) is 53.9 Å². The molecule has 1 saturated carbocycles. The van der Waals surface area contributed by atoms with Gasteiger partial charge in [-0.3, -0.25) is 4.98 Å². The van der Waals surface area contributed by atoms with Crippen LogP contribution >= 0.6 is 0 Å². The number of aryl methyl sites for hydroxylation is 3. The molecule has 2 heteroatoms. The lowest BCUT2D eigenvalue weighted by Gasteiger charge is -2.11. The Kier molecular flexibility index (Phi) is 5.09. The molecule has 0 saturated heterocycles. The normalized spacial score (nSPS) is 14.5. The van der Waals surface area contributed by atoms with E-state index >= 15 is 0 Å². The Labute approximate surface area is 185 Å². The Morgan fingerprint density at radius 1 is 0.871 bits per heavy atom. The summed E-state index contributed by atoms with van der Waals surface area (Å²) in [6.07, 6.45) is 7.45. The molecular formula is C29H31N2+. The van der Waals surface area contributed by atoms with Crippen molar-refractivity contribution >= 4 is 10.9 Å². The number of rotatable bonds is 3. The average molecular weight is 408 g/mol. The van der Waals surface area contributed by atoms with Gasteiger partial charge in [0.1, 0.15) is 7.05 Å². The molecule has 156 valence electrons. The van der Waals surface area contributed by atoms with E-state index in [0.717, 1.165) is 5.69 Å². The fraction of sp³-hybridized carbons (Fsp3) is 0.310. The molecule has 0 bridgehead atoms. The zero-order chi connectivity index (χ0) is 21.5. The van der Waals surface area contributed by atoms with Crippen molar-refractivity contribution in [3.05, 3.63) is 83.0 Å². The zero-order valence-corrected chi connectivity index (χ0v) is 19.1. The van der Waals surface area contributed by atoms with Crippen LogP contribution in [-0.4, -0.2) is 4.98 Å². The van der Waals surface area contributed by atoms with Gasteiger partial charge in [0.25, 0.3) is 0 Å². The molecule has 0 aliphatic heterocycles. The second kappa shape index (κ2) is 7.92. The lowest BCUT2D eigenvalue weighted by Crippen LogP contribution is -2.32. The highest BCUT2D eigenvalue weighted by atomic mass is 14.9. The lowest BCUT2D eigenvalue weighted by atomic mass is 9.96. The van der Waals surface area contributed by atoms with E-state index in [9.17, 15) is 0 Å². The third-order valence-electron chi connectivity index (χ3n) is 7.17. The number of nitrogens with zero attached hydrogens (tertiary/aromatic N) is 2. The van der Waals surface area contributed by atoms with Gasteiger partial charge < -0.3 is 0 Å². The van der Waals surface area contributed by atoms with Gasteiger partial charge in [0.2, 0.25) is 11.2 Å². The molecule has 1 aliphatic rings. The second-order valence-corrected chi connectivity index (χ2v) is 9.26. The smallest absolute Gasteiger partial charge is 0.213 e. The molecule has 1 aliphatic carbocycles. The van der Waals surface area contributed by atoms with E-state index in [0.29, 0.717) is 5.92 Å². The zero-order valence-electron chi connectivity index (χ0n) is 19.1. The van der Waals surface area contributed by atoms with E-state index in [4.69, 9.17) is 4.98 Å². The largest absolute Gasteiger partial charge is 0.256 e. The molecule has 2 heterocycles. The fourth-order valence-electron chi connectivity index (χ4n) is 5.22. The van der Waals surface area contributed by atoms with E-state index in [1.54, 1.807) is 0 Å². The molecular weight excluding hydrogens is 376 g/mol. The summed E-state index contributed by atoms with van der Waals surface area (Å²) in [5.41, 5.74) is 11.5. The highest BCUT2D eigenvalue weighted by Crippen LogP contribution is 2.34. The molecule has 2 nitrogen and oxygen atoms in total. The first-order valence-corrected chi connectivity index (χ1v) is 11.5. The van der Waals surface area contributed by atoms with E-state index < -0.39 is 0 Å². The van der Waals surface area contributed by atoms with Gasteiger partial charge in [-0.05, 0) is 86.6 Å². The Morgan fingerprint density at radius 2 is 1.68 bits per heavy atom. The number of pyridine rings is 2. The van der Waals surface area contributed by atoms with E-state index in [1.807, 2.05) is 0 Å². The summed E-state index contributed by atoms with van der Waals surface area (Å²) in [5.74, 6) is 0.712. The van der Waals surface area contributed by atoms with Crippen LogP contribution < -0.4 is 4.57 Å². The van der Waals surface area contributed by atoms with Gasteiger partial charge in [0.05, 0.1) is 5.69 Å². The van der Waals surface area contributed by atoms with E-state index in [2.05, 4.69) is 93.2 Å². The number of benzene rings is 2. The van der Waals surface area contributed by atoms with Crippen LogP contribution in [0.25, 0.3) is 33.4 Å². The third kappa shape index (κ3) is 3.65. The van der Waals surface area contributed by atoms with Gasteiger partial charge in [-0.15, -0.1) is 0 Å². The number of fused-ring (bicyclic) bond motifs is 1. The van der Waals surface area contributed by atoms with E-state index in [-0.39, 0.29) is 0 Å². The maximum atomic E-state index is 4.81. The number of aromatic nitrogens is 2. The highest BCUT2D eigenvalue weighted by Gasteiger charge is 2.19. The van der Waals surface area contributed by atoms with Crippen molar-refractivity contribution in [1.29, 1.82) is 0 Å². The van der Waals surface area contributed by atoms with Crippen LogP contribution in [0.3, 0.4) is 0 Å². The van der Waals surface area contributed by atoms with Crippen LogP contribution in [0.15, 0.2) is 60.8 Å². The Balaban J connectivity index is 1.52. The van der Waals surface area contributed by atoms with Gasteiger partial charge in [0.15, 0.2) is 0 Å². The van der Waals surface area contributed by atoms with Gasteiger partial charge in [-0.25, -0.2) is 0 Å². The van der Waals surface area contributed by atoms with Crippen molar-refractivity contribution in [2.45, 2.75) is 52.4 Å². The molecule has 4 aromatic rings. The summed E-state index contributed by atoms with van der Waals surface area (Å²) in [7, 11) is 2.17. The van der Waals surface area contributed by atoms with Gasteiger partial charge in [-0.2, -0.15) is 4.57 Å². The first-order chi connectivity index (χ1) is 15.0. The molecule has 0 radical (unpaired) electrons. The molecule has 5 rings (SSSR count). The van der Waals surface area contributed by atoms with Crippen molar-refractivity contribution in [3.63, 3.8) is 0 Å². The molecule has 0 spiro atoms. The first kappa shape index (κ1) is 19.9.